The first kappa shape index (κ1) is 15.8. The lowest BCUT2D eigenvalue weighted by atomic mass is 9.85. The molecule has 0 aliphatic carbocycles. The Hall–Kier alpha value is -2.04. The minimum atomic E-state index is -0.458. The van der Waals surface area contributed by atoms with E-state index >= 15 is 0 Å². The van der Waals surface area contributed by atoms with Crippen molar-refractivity contribution in [1.82, 2.24) is 14.9 Å². The maximum atomic E-state index is 12.4. The third-order valence-corrected chi connectivity index (χ3v) is 4.42. The number of fused-ring (bicyclic) bond motifs is 1. The molecular weight excluding hydrogens is 290 g/mol. The third-order valence-electron chi connectivity index (χ3n) is 4.42. The molecule has 1 aliphatic rings. The van der Waals surface area contributed by atoms with E-state index in [9.17, 15) is 4.79 Å². The van der Waals surface area contributed by atoms with Gasteiger partial charge in [0.2, 0.25) is 0 Å². The number of nitrogens with zero attached hydrogens (tertiary/aromatic N) is 2. The monoisotopic (exact) mass is 315 g/mol. The quantitative estimate of drug-likeness (QED) is 0.867. The van der Waals surface area contributed by atoms with Crippen LogP contribution in [0.4, 0.5) is 4.79 Å². The molecule has 3 heterocycles. The molecular formula is C18H25N3O2. The van der Waals surface area contributed by atoms with E-state index in [0.29, 0.717) is 12.5 Å². The van der Waals surface area contributed by atoms with Crippen LogP contribution in [-0.2, 0) is 4.74 Å². The van der Waals surface area contributed by atoms with E-state index < -0.39 is 5.60 Å². The summed E-state index contributed by atoms with van der Waals surface area (Å²) in [5.74, 6) is 0.798. The van der Waals surface area contributed by atoms with Crippen molar-refractivity contribution >= 4 is 17.1 Å². The summed E-state index contributed by atoms with van der Waals surface area (Å²) < 4.78 is 5.52. The molecule has 0 aromatic carbocycles. The molecule has 2 aromatic rings. The smallest absolute Gasteiger partial charge is 0.410 e. The van der Waals surface area contributed by atoms with Gasteiger partial charge in [-0.3, -0.25) is 4.98 Å². The molecule has 5 nitrogen and oxygen atoms in total. The molecule has 3 rings (SSSR count). The highest BCUT2D eigenvalue weighted by Gasteiger charge is 2.33. The minimum absolute atomic E-state index is 0.219. The summed E-state index contributed by atoms with van der Waals surface area (Å²) in [5, 5.41) is 0. The molecule has 2 aromatic heterocycles. The Labute approximate surface area is 137 Å². The zero-order valence-corrected chi connectivity index (χ0v) is 14.3. The van der Waals surface area contributed by atoms with Gasteiger partial charge in [0.25, 0.3) is 0 Å². The number of pyridine rings is 1. The first-order chi connectivity index (χ1) is 10.8. The van der Waals surface area contributed by atoms with Gasteiger partial charge in [-0.1, -0.05) is 6.92 Å². The summed E-state index contributed by atoms with van der Waals surface area (Å²) in [6, 6.07) is 6.07. The molecule has 1 fully saturated rings. The molecule has 0 bridgehead atoms. The molecule has 1 N–H and O–H groups in total. The molecule has 0 saturated carbocycles. The van der Waals surface area contributed by atoms with E-state index in [1.165, 1.54) is 0 Å². The van der Waals surface area contributed by atoms with Gasteiger partial charge in [-0.15, -0.1) is 0 Å². The van der Waals surface area contributed by atoms with E-state index in [4.69, 9.17) is 4.74 Å². The maximum absolute atomic E-state index is 12.4. The summed E-state index contributed by atoms with van der Waals surface area (Å²) in [7, 11) is 0. The van der Waals surface area contributed by atoms with Gasteiger partial charge in [0.15, 0.2) is 0 Å². The van der Waals surface area contributed by atoms with Gasteiger partial charge in [-0.05, 0) is 51.3 Å². The highest BCUT2D eigenvalue weighted by atomic mass is 16.6. The Morgan fingerprint density at radius 3 is 2.91 bits per heavy atom. The van der Waals surface area contributed by atoms with Gasteiger partial charge in [0, 0.05) is 30.9 Å². The number of likely N-dealkylation sites (tertiary alicyclic amines) is 1. The summed E-state index contributed by atoms with van der Waals surface area (Å²) in [4.78, 5) is 22.0. The number of hydrogen-bond acceptors (Lipinski definition) is 3. The largest absolute Gasteiger partial charge is 0.444 e. The average molecular weight is 315 g/mol. The van der Waals surface area contributed by atoms with Crippen molar-refractivity contribution in [2.45, 2.75) is 45.6 Å². The van der Waals surface area contributed by atoms with Crippen LogP contribution in [0.15, 0.2) is 24.4 Å². The fourth-order valence-electron chi connectivity index (χ4n) is 3.14. The van der Waals surface area contributed by atoms with Crippen LogP contribution in [0.5, 0.6) is 0 Å². The number of nitrogens with one attached hydrogen (secondary N) is 1. The predicted octanol–water partition coefficient (Wildman–Crippen LogP) is 3.92. The molecule has 1 amide bonds. The second-order valence-electron chi connectivity index (χ2n) is 7.46. The highest BCUT2D eigenvalue weighted by Crippen LogP contribution is 2.33. The molecule has 2 unspecified atom stereocenters. The molecule has 0 radical (unpaired) electrons. The van der Waals surface area contributed by atoms with Crippen molar-refractivity contribution in [3.63, 3.8) is 0 Å². The highest BCUT2D eigenvalue weighted by molar-refractivity contribution is 5.76. The summed E-state index contributed by atoms with van der Waals surface area (Å²) in [5.41, 5.74) is 2.72. The molecule has 0 spiro atoms. The van der Waals surface area contributed by atoms with Gasteiger partial charge in [0.05, 0.1) is 11.0 Å². The number of aromatic nitrogens is 2. The second-order valence-corrected chi connectivity index (χ2v) is 7.46. The van der Waals surface area contributed by atoms with Crippen LogP contribution >= 0.6 is 0 Å². The van der Waals surface area contributed by atoms with Crippen LogP contribution in [0.1, 0.15) is 45.7 Å². The van der Waals surface area contributed by atoms with Gasteiger partial charge >= 0.3 is 6.09 Å². The lowest BCUT2D eigenvalue weighted by Gasteiger charge is -2.37. The van der Waals surface area contributed by atoms with Crippen LogP contribution in [-0.4, -0.2) is 39.7 Å². The van der Waals surface area contributed by atoms with Crippen molar-refractivity contribution < 1.29 is 9.53 Å². The number of aromatic amines is 1. The van der Waals surface area contributed by atoms with Crippen molar-refractivity contribution in [1.29, 1.82) is 0 Å². The molecule has 1 saturated heterocycles. The van der Waals surface area contributed by atoms with Crippen molar-refractivity contribution in [3.05, 3.63) is 30.1 Å². The zero-order valence-electron chi connectivity index (χ0n) is 14.3. The lowest BCUT2D eigenvalue weighted by Crippen LogP contribution is -2.44. The van der Waals surface area contributed by atoms with Gasteiger partial charge in [-0.2, -0.15) is 0 Å². The second kappa shape index (κ2) is 5.87. The standard InChI is InChI=1S/C18H25N3O2/c1-12-7-9-21(17(22)23-18(2,3)4)11-13(12)15-10-16-14(20-15)6-5-8-19-16/h5-6,8,10,12-13,20H,7,9,11H2,1-4H3. The number of hydrogen-bond donors (Lipinski definition) is 1. The average Bonchev–Trinajstić information content (AvgIpc) is 2.89. The fraction of sp³-hybridized carbons (Fsp3) is 0.556. The number of H-pyrrole nitrogens is 1. The Morgan fingerprint density at radius 2 is 2.22 bits per heavy atom. The molecule has 2 atom stereocenters. The minimum Gasteiger partial charge on any atom is -0.444 e. The summed E-state index contributed by atoms with van der Waals surface area (Å²) in [6.07, 6.45) is 2.56. The predicted molar refractivity (Wildman–Crippen MR) is 90.4 cm³/mol. The van der Waals surface area contributed by atoms with E-state index in [1.807, 2.05) is 37.8 Å². The number of piperidine rings is 1. The number of carbonyl (C=O) groups is 1. The SMILES string of the molecule is CC1CCN(C(=O)OC(C)(C)C)CC1c1cc2ncccc2[nH]1. The first-order valence-electron chi connectivity index (χ1n) is 8.25. The Kier molecular flexibility index (Phi) is 4.04. The summed E-state index contributed by atoms with van der Waals surface area (Å²) in [6.45, 7) is 9.39. The molecule has 5 heteroatoms. The van der Waals surface area contributed by atoms with Crippen molar-refractivity contribution in [3.8, 4) is 0 Å². The van der Waals surface area contributed by atoms with E-state index in [1.54, 1.807) is 6.20 Å². The van der Waals surface area contributed by atoms with Crippen molar-refractivity contribution in [2.24, 2.45) is 5.92 Å². The number of carbonyl (C=O) groups excluding carboxylic acids is 1. The van der Waals surface area contributed by atoms with Gasteiger partial charge in [-0.25, -0.2) is 4.79 Å². The Morgan fingerprint density at radius 1 is 1.43 bits per heavy atom. The zero-order chi connectivity index (χ0) is 16.6. The lowest BCUT2D eigenvalue weighted by molar-refractivity contribution is 0.0163. The van der Waals surface area contributed by atoms with E-state index in [2.05, 4.69) is 23.0 Å². The van der Waals surface area contributed by atoms with E-state index in [-0.39, 0.29) is 12.0 Å². The number of ether oxygens (including phenoxy) is 1. The summed E-state index contributed by atoms with van der Waals surface area (Å²) >= 11 is 0. The molecule has 124 valence electrons. The third kappa shape index (κ3) is 3.49. The molecule has 23 heavy (non-hydrogen) atoms. The van der Waals surface area contributed by atoms with Crippen molar-refractivity contribution in [2.75, 3.05) is 13.1 Å². The Balaban J connectivity index is 1.79. The van der Waals surface area contributed by atoms with E-state index in [0.717, 1.165) is 29.7 Å². The Bertz CT molecular complexity index is 669. The van der Waals surface area contributed by atoms with Crippen LogP contribution in [0.3, 0.4) is 0 Å². The van der Waals surface area contributed by atoms with Gasteiger partial charge in [0.1, 0.15) is 5.60 Å². The first-order valence-corrected chi connectivity index (χ1v) is 8.25. The van der Waals surface area contributed by atoms with Crippen LogP contribution in [0.25, 0.3) is 11.0 Å². The van der Waals surface area contributed by atoms with Crippen LogP contribution in [0, 0.1) is 5.92 Å². The normalized spacial score (nSPS) is 22.3. The topological polar surface area (TPSA) is 58.2 Å². The number of amides is 1. The maximum Gasteiger partial charge on any atom is 0.410 e. The van der Waals surface area contributed by atoms with Crippen LogP contribution < -0.4 is 0 Å². The molecule has 1 aliphatic heterocycles. The number of rotatable bonds is 1. The van der Waals surface area contributed by atoms with Crippen LogP contribution in [0.2, 0.25) is 0 Å². The van der Waals surface area contributed by atoms with Gasteiger partial charge < -0.3 is 14.6 Å². The fourth-order valence-corrected chi connectivity index (χ4v) is 3.14.